The monoisotopic (exact) mass is 439 g/mol. The Balaban J connectivity index is 1.66. The van der Waals surface area contributed by atoms with Crippen molar-refractivity contribution in [1.82, 2.24) is 14.6 Å². The number of carbonyl (C=O) groups is 1. The largest absolute Gasteiger partial charge is 0.490 e. The van der Waals surface area contributed by atoms with Gasteiger partial charge in [0.1, 0.15) is 0 Å². The van der Waals surface area contributed by atoms with Gasteiger partial charge in [-0.15, -0.1) is 16.4 Å². The molecular formula is C21H17N3O4S2. The number of fused-ring (bicyclic) bond motifs is 1. The summed E-state index contributed by atoms with van der Waals surface area (Å²) in [7, 11) is 0. The number of thiophene rings is 1. The van der Waals surface area contributed by atoms with E-state index in [1.54, 1.807) is 41.7 Å². The highest BCUT2D eigenvalue weighted by molar-refractivity contribution is 7.15. The van der Waals surface area contributed by atoms with E-state index in [-0.39, 0.29) is 5.56 Å². The molecule has 1 aromatic carbocycles. The van der Waals surface area contributed by atoms with E-state index in [1.807, 2.05) is 30.5 Å². The van der Waals surface area contributed by atoms with E-state index in [1.165, 1.54) is 22.8 Å². The minimum absolute atomic E-state index is 0.236. The van der Waals surface area contributed by atoms with E-state index in [9.17, 15) is 9.59 Å². The molecule has 0 saturated heterocycles. The van der Waals surface area contributed by atoms with Crippen LogP contribution in [0, 0.1) is 0 Å². The zero-order chi connectivity index (χ0) is 21.1. The minimum Gasteiger partial charge on any atom is -0.490 e. The lowest BCUT2D eigenvalue weighted by molar-refractivity contribution is -0.132. The van der Waals surface area contributed by atoms with Crippen LogP contribution >= 0.6 is 22.7 Å². The zero-order valence-electron chi connectivity index (χ0n) is 16.2. The molecule has 0 spiro atoms. The second-order valence-corrected chi connectivity index (χ2v) is 8.15. The fourth-order valence-electron chi connectivity index (χ4n) is 2.74. The number of esters is 1. The van der Waals surface area contributed by atoms with Crippen LogP contribution in [-0.4, -0.2) is 27.2 Å². The van der Waals surface area contributed by atoms with Crippen LogP contribution < -0.4 is 19.6 Å². The lowest BCUT2D eigenvalue weighted by Gasteiger charge is -2.10. The Hall–Kier alpha value is -3.30. The summed E-state index contributed by atoms with van der Waals surface area (Å²) in [5.41, 5.74) is 0.508. The number of carbonyl (C=O) groups excluding carboxylic acids is 1. The molecule has 152 valence electrons. The number of thiazole rings is 1. The van der Waals surface area contributed by atoms with Crippen molar-refractivity contribution < 1.29 is 14.3 Å². The molecule has 3 heterocycles. The van der Waals surface area contributed by atoms with Gasteiger partial charge in [0.25, 0.3) is 5.56 Å². The van der Waals surface area contributed by atoms with Crippen molar-refractivity contribution >= 4 is 51.8 Å². The number of rotatable bonds is 6. The second-order valence-electron chi connectivity index (χ2n) is 6.16. The highest BCUT2D eigenvalue weighted by atomic mass is 32.1. The molecule has 0 aliphatic heterocycles. The molecule has 0 atom stereocenters. The molecule has 9 heteroatoms. The van der Waals surface area contributed by atoms with Crippen molar-refractivity contribution in [3.05, 3.63) is 66.9 Å². The molecule has 0 radical (unpaired) electrons. The van der Waals surface area contributed by atoms with Crippen LogP contribution in [0.25, 0.3) is 23.2 Å². The van der Waals surface area contributed by atoms with Gasteiger partial charge >= 0.3 is 5.97 Å². The Morgan fingerprint density at radius 1 is 1.23 bits per heavy atom. The molecule has 0 N–H and O–H groups in total. The summed E-state index contributed by atoms with van der Waals surface area (Å²) in [5, 5.41) is 6.28. The highest BCUT2D eigenvalue weighted by Crippen LogP contribution is 2.29. The predicted octanol–water partition coefficient (Wildman–Crippen LogP) is 3.25. The van der Waals surface area contributed by atoms with E-state index in [2.05, 4.69) is 10.1 Å². The topological polar surface area (TPSA) is 82.8 Å². The van der Waals surface area contributed by atoms with Crippen LogP contribution in [0.4, 0.5) is 0 Å². The molecular weight excluding hydrogens is 422 g/mol. The van der Waals surface area contributed by atoms with Crippen molar-refractivity contribution in [1.29, 1.82) is 0 Å². The molecule has 0 aliphatic carbocycles. The van der Waals surface area contributed by atoms with Crippen LogP contribution in [0.5, 0.6) is 11.5 Å². The summed E-state index contributed by atoms with van der Waals surface area (Å²) >= 11 is 2.88. The van der Waals surface area contributed by atoms with Crippen LogP contribution in [0.3, 0.4) is 0 Å². The number of benzene rings is 1. The number of hydrogen-bond acceptors (Lipinski definition) is 8. The maximum atomic E-state index is 12.7. The van der Waals surface area contributed by atoms with Gasteiger partial charge in [-0.25, -0.2) is 0 Å². The van der Waals surface area contributed by atoms with Crippen LogP contribution in [0.2, 0.25) is 0 Å². The van der Waals surface area contributed by atoms with E-state index < -0.39 is 5.97 Å². The van der Waals surface area contributed by atoms with Crippen LogP contribution in [0.1, 0.15) is 30.1 Å². The number of aromatic nitrogens is 3. The third-order valence-electron chi connectivity index (χ3n) is 3.96. The summed E-state index contributed by atoms with van der Waals surface area (Å²) in [6, 6.07) is 9.09. The minimum atomic E-state index is -0.427. The van der Waals surface area contributed by atoms with Crippen molar-refractivity contribution in [2.24, 2.45) is 0 Å². The Bertz CT molecular complexity index is 1340. The molecule has 0 bridgehead atoms. The lowest BCUT2D eigenvalue weighted by atomic mass is 10.2. The third kappa shape index (κ3) is 4.32. The molecule has 30 heavy (non-hydrogen) atoms. The number of nitrogens with zero attached hydrogens (tertiary/aromatic N) is 3. The van der Waals surface area contributed by atoms with Crippen molar-refractivity contribution in [2.45, 2.75) is 13.8 Å². The fourth-order valence-corrected chi connectivity index (χ4v) is 4.27. The highest BCUT2D eigenvalue weighted by Gasteiger charge is 2.11. The van der Waals surface area contributed by atoms with Gasteiger partial charge in [-0.2, -0.15) is 9.50 Å². The average molecular weight is 440 g/mol. The van der Waals surface area contributed by atoms with Crippen LogP contribution in [-0.2, 0) is 4.79 Å². The van der Waals surface area contributed by atoms with Gasteiger partial charge in [0, 0.05) is 11.8 Å². The summed E-state index contributed by atoms with van der Waals surface area (Å²) in [6.07, 6.45) is 5.45. The first kappa shape index (κ1) is 20.0. The maximum absolute atomic E-state index is 12.7. The molecule has 4 aromatic rings. The number of hydrogen-bond donors (Lipinski definition) is 0. The quantitative estimate of drug-likeness (QED) is 0.339. The maximum Gasteiger partial charge on any atom is 0.308 e. The lowest BCUT2D eigenvalue weighted by Crippen LogP contribution is -2.23. The summed E-state index contributed by atoms with van der Waals surface area (Å²) < 4.78 is 12.5. The molecule has 0 fully saturated rings. The Morgan fingerprint density at radius 2 is 2.10 bits per heavy atom. The van der Waals surface area contributed by atoms with Gasteiger partial charge in [-0.1, -0.05) is 23.5 Å². The molecule has 4 rings (SSSR count). The Kier molecular flexibility index (Phi) is 5.73. The van der Waals surface area contributed by atoms with Crippen molar-refractivity contribution in [3.63, 3.8) is 0 Å². The normalized spacial score (nSPS) is 12.1. The van der Waals surface area contributed by atoms with Crippen LogP contribution in [0.15, 0.2) is 40.5 Å². The molecule has 0 unspecified atom stereocenters. The summed E-state index contributed by atoms with van der Waals surface area (Å²) in [6.45, 7) is 3.59. The predicted molar refractivity (Wildman–Crippen MR) is 118 cm³/mol. The first-order valence-electron chi connectivity index (χ1n) is 9.11. The molecule has 3 aromatic heterocycles. The molecule has 0 aliphatic rings. The van der Waals surface area contributed by atoms with Gasteiger partial charge in [0.15, 0.2) is 17.3 Å². The first-order chi connectivity index (χ1) is 14.5. The third-order valence-corrected chi connectivity index (χ3v) is 5.75. The smallest absolute Gasteiger partial charge is 0.308 e. The number of ether oxygens (including phenoxy) is 2. The molecule has 0 saturated carbocycles. The first-order valence-corrected chi connectivity index (χ1v) is 10.8. The molecule has 0 amide bonds. The average Bonchev–Trinajstić information content (AvgIpc) is 3.42. The van der Waals surface area contributed by atoms with Gasteiger partial charge in [-0.05, 0) is 54.3 Å². The second kappa shape index (κ2) is 8.60. The SMILES string of the molecule is CCOc1cc(C=c2sc3nc(C=Cc4cccs4)nn3c2=O)ccc1OC(C)=O. The Labute approximate surface area is 179 Å². The molecule has 7 nitrogen and oxygen atoms in total. The van der Waals surface area contributed by atoms with E-state index in [0.717, 1.165) is 10.4 Å². The van der Waals surface area contributed by atoms with Gasteiger partial charge in [0.05, 0.1) is 11.1 Å². The fraction of sp³-hybridized carbons (Fsp3) is 0.143. The van der Waals surface area contributed by atoms with Gasteiger partial charge in [-0.3, -0.25) is 9.59 Å². The van der Waals surface area contributed by atoms with Gasteiger partial charge in [0.2, 0.25) is 4.96 Å². The van der Waals surface area contributed by atoms with E-state index >= 15 is 0 Å². The van der Waals surface area contributed by atoms with Crippen molar-refractivity contribution in [2.75, 3.05) is 6.61 Å². The van der Waals surface area contributed by atoms with Gasteiger partial charge < -0.3 is 9.47 Å². The van der Waals surface area contributed by atoms with Crippen molar-refractivity contribution in [3.8, 4) is 11.5 Å². The summed E-state index contributed by atoms with van der Waals surface area (Å²) in [5.74, 6) is 0.842. The van der Waals surface area contributed by atoms with E-state index in [4.69, 9.17) is 9.47 Å². The van der Waals surface area contributed by atoms with E-state index in [0.29, 0.717) is 33.4 Å². The Morgan fingerprint density at radius 3 is 2.80 bits per heavy atom. The summed E-state index contributed by atoms with van der Waals surface area (Å²) in [4.78, 5) is 30.0. The standard InChI is InChI=1S/C21H17N3O4S2/c1-3-27-17-11-14(6-8-16(17)28-13(2)25)12-18-20(26)24-21(30-18)22-19(23-24)9-7-15-5-4-10-29-15/h4-12H,3H2,1-2H3. The zero-order valence-corrected chi connectivity index (χ0v) is 17.8.